The van der Waals surface area contributed by atoms with Crippen LogP contribution in [0.15, 0.2) is 23.1 Å². The number of benzene rings is 1. The highest BCUT2D eigenvalue weighted by Crippen LogP contribution is 2.17. The zero-order valence-electron chi connectivity index (χ0n) is 12.2. The molecule has 1 amide bonds. The summed E-state index contributed by atoms with van der Waals surface area (Å²) in [6, 6.07) is 4.28. The molecule has 8 nitrogen and oxygen atoms in total. The lowest BCUT2D eigenvalue weighted by Gasteiger charge is -2.09. The van der Waals surface area contributed by atoms with Gasteiger partial charge in [-0.3, -0.25) is 9.59 Å². The van der Waals surface area contributed by atoms with E-state index in [-0.39, 0.29) is 13.0 Å². The van der Waals surface area contributed by atoms with E-state index in [4.69, 9.17) is 5.26 Å². The molecule has 0 heterocycles. The second-order valence-electron chi connectivity index (χ2n) is 4.29. The molecule has 0 unspecified atom stereocenters. The van der Waals surface area contributed by atoms with Crippen molar-refractivity contribution in [3.05, 3.63) is 29.8 Å². The third-order valence-electron chi connectivity index (χ3n) is 2.52. The van der Waals surface area contributed by atoms with Crippen LogP contribution in [0, 0.1) is 23.0 Å². The lowest BCUT2D eigenvalue weighted by Crippen LogP contribution is -2.34. The minimum Gasteiger partial charge on any atom is -0.455 e. The highest BCUT2D eigenvalue weighted by Gasteiger charge is 2.24. The topological polar surface area (TPSA) is 125 Å². The zero-order chi connectivity index (χ0) is 18.2. The highest BCUT2D eigenvalue weighted by molar-refractivity contribution is 7.89. The maximum Gasteiger partial charge on any atom is 0.321 e. The third-order valence-corrected chi connectivity index (χ3v) is 3.97. The number of hydrogen-bond acceptors (Lipinski definition) is 6. The van der Waals surface area contributed by atoms with Crippen molar-refractivity contribution in [2.45, 2.75) is 11.3 Å². The van der Waals surface area contributed by atoms with Crippen LogP contribution < -0.4 is 10.0 Å². The van der Waals surface area contributed by atoms with E-state index in [2.05, 4.69) is 10.1 Å². The number of sulfonamides is 1. The monoisotopic (exact) mass is 361 g/mol. The maximum absolute atomic E-state index is 13.4. The number of hydrogen-bond donors (Lipinski definition) is 2. The van der Waals surface area contributed by atoms with E-state index in [0.29, 0.717) is 0 Å². The van der Waals surface area contributed by atoms with Crippen LogP contribution in [0.25, 0.3) is 0 Å². The van der Waals surface area contributed by atoms with Crippen molar-refractivity contribution in [1.29, 1.82) is 5.26 Å². The Morgan fingerprint density at radius 2 is 1.88 bits per heavy atom. The van der Waals surface area contributed by atoms with Crippen LogP contribution in [0.4, 0.5) is 8.78 Å². The van der Waals surface area contributed by atoms with Gasteiger partial charge in [-0.2, -0.15) is 9.98 Å². The fourth-order valence-corrected chi connectivity index (χ4v) is 2.57. The third kappa shape index (κ3) is 5.90. The molecular weight excluding hydrogens is 348 g/mol. The first-order valence-electron chi connectivity index (χ1n) is 6.51. The van der Waals surface area contributed by atoms with Crippen molar-refractivity contribution < 1.29 is 31.5 Å². The molecule has 0 bridgehead atoms. The number of esters is 1. The number of amides is 1. The Labute approximate surface area is 136 Å². The second kappa shape index (κ2) is 8.90. The van der Waals surface area contributed by atoms with Crippen LogP contribution in [0.1, 0.15) is 6.42 Å². The number of nitrogens with zero attached hydrogens (tertiary/aromatic N) is 1. The summed E-state index contributed by atoms with van der Waals surface area (Å²) < 4.78 is 56.6. The van der Waals surface area contributed by atoms with E-state index in [9.17, 15) is 26.8 Å². The number of halogens is 2. The van der Waals surface area contributed by atoms with Gasteiger partial charge in [0.25, 0.3) is 5.91 Å². The van der Waals surface area contributed by atoms with Gasteiger partial charge >= 0.3 is 5.97 Å². The number of ether oxygens (including phenoxy) is 1. The number of carbonyl (C=O) groups excluding carboxylic acids is 2. The van der Waals surface area contributed by atoms with Crippen LogP contribution in [0.3, 0.4) is 0 Å². The van der Waals surface area contributed by atoms with Gasteiger partial charge in [-0.1, -0.05) is 6.07 Å². The van der Waals surface area contributed by atoms with Crippen molar-refractivity contribution in [3.63, 3.8) is 0 Å². The predicted octanol–water partition coefficient (Wildman–Crippen LogP) is -0.184. The first-order chi connectivity index (χ1) is 11.3. The van der Waals surface area contributed by atoms with E-state index < -0.39 is 51.6 Å². The molecule has 0 fully saturated rings. The molecule has 24 heavy (non-hydrogen) atoms. The summed E-state index contributed by atoms with van der Waals surface area (Å²) in [5, 5.41) is 10.5. The van der Waals surface area contributed by atoms with Gasteiger partial charge in [0.15, 0.2) is 11.5 Å². The fraction of sp³-hybridized carbons (Fsp3) is 0.308. The quantitative estimate of drug-likeness (QED) is 0.489. The van der Waals surface area contributed by atoms with E-state index in [1.807, 2.05) is 0 Å². The van der Waals surface area contributed by atoms with Gasteiger partial charge < -0.3 is 10.1 Å². The van der Waals surface area contributed by atoms with Gasteiger partial charge in [0.2, 0.25) is 10.0 Å². The average molecular weight is 361 g/mol. The Morgan fingerprint density at radius 1 is 1.25 bits per heavy atom. The largest absolute Gasteiger partial charge is 0.455 e. The van der Waals surface area contributed by atoms with Crippen molar-refractivity contribution in [1.82, 2.24) is 10.0 Å². The Hall–Kier alpha value is -2.58. The van der Waals surface area contributed by atoms with Gasteiger partial charge in [-0.15, -0.1) is 0 Å². The van der Waals surface area contributed by atoms with Gasteiger partial charge in [0.05, 0.1) is 12.5 Å². The molecule has 1 rings (SSSR count). The minimum absolute atomic E-state index is 0.0755. The van der Waals surface area contributed by atoms with E-state index in [0.717, 1.165) is 18.2 Å². The zero-order valence-corrected chi connectivity index (χ0v) is 13.0. The normalized spacial score (nSPS) is 10.7. The number of nitriles is 1. The maximum atomic E-state index is 13.4. The molecule has 0 aliphatic heterocycles. The summed E-state index contributed by atoms with van der Waals surface area (Å²) in [6.45, 7) is -1.52. The number of nitrogens with one attached hydrogen (secondary N) is 2. The molecule has 130 valence electrons. The van der Waals surface area contributed by atoms with Crippen LogP contribution in [-0.2, 0) is 24.3 Å². The van der Waals surface area contributed by atoms with Gasteiger partial charge in [0.1, 0.15) is 18.2 Å². The average Bonchev–Trinajstić information content (AvgIpc) is 2.51. The van der Waals surface area contributed by atoms with Crippen molar-refractivity contribution in [3.8, 4) is 6.07 Å². The Kier molecular flexibility index (Phi) is 7.22. The van der Waals surface area contributed by atoms with Gasteiger partial charge in [-0.05, 0) is 12.1 Å². The molecule has 0 saturated carbocycles. The molecule has 11 heteroatoms. The Morgan fingerprint density at radius 3 is 2.46 bits per heavy atom. The van der Waals surface area contributed by atoms with E-state index in [1.54, 1.807) is 10.8 Å². The van der Waals surface area contributed by atoms with E-state index in [1.165, 1.54) is 0 Å². The van der Waals surface area contributed by atoms with Crippen molar-refractivity contribution >= 4 is 21.9 Å². The minimum atomic E-state index is -4.61. The summed E-state index contributed by atoms with van der Waals surface area (Å²) in [5.74, 6) is -4.42. The lowest BCUT2D eigenvalue weighted by molar-refractivity contribution is -0.147. The Balaban J connectivity index is 2.52. The van der Waals surface area contributed by atoms with Crippen LogP contribution in [-0.4, -0.2) is 40.0 Å². The first-order valence-corrected chi connectivity index (χ1v) is 7.99. The molecular formula is C13H13F2N3O5S. The summed E-state index contributed by atoms with van der Waals surface area (Å²) in [6.07, 6.45) is 0.0771. The number of rotatable bonds is 8. The predicted molar refractivity (Wildman–Crippen MR) is 75.7 cm³/mol. The smallest absolute Gasteiger partial charge is 0.321 e. The molecule has 0 saturated heterocycles. The molecule has 0 spiro atoms. The standard InChI is InChI=1S/C13H13F2N3O5S/c14-9-3-1-4-10(15)13(9)24(21,22)18-7-12(20)23-8-11(19)17-6-2-5-16/h1,3-4,18H,2,6-8H2,(H,17,19). The van der Waals surface area contributed by atoms with Crippen LogP contribution >= 0.6 is 0 Å². The van der Waals surface area contributed by atoms with Crippen molar-refractivity contribution in [2.24, 2.45) is 0 Å². The molecule has 0 aromatic heterocycles. The lowest BCUT2D eigenvalue weighted by atomic mass is 10.3. The van der Waals surface area contributed by atoms with Crippen LogP contribution in [0.5, 0.6) is 0 Å². The number of carbonyl (C=O) groups is 2. The van der Waals surface area contributed by atoms with Crippen molar-refractivity contribution in [2.75, 3.05) is 19.7 Å². The Bertz CT molecular complexity index is 741. The summed E-state index contributed by atoms with van der Waals surface area (Å²) in [7, 11) is -4.61. The van der Waals surface area contributed by atoms with Gasteiger partial charge in [0, 0.05) is 6.54 Å². The first kappa shape index (κ1) is 19.5. The summed E-state index contributed by atoms with van der Waals surface area (Å²) >= 11 is 0. The SMILES string of the molecule is N#CCCNC(=O)COC(=O)CNS(=O)(=O)c1c(F)cccc1F. The highest BCUT2D eigenvalue weighted by atomic mass is 32.2. The molecule has 0 aliphatic carbocycles. The van der Waals surface area contributed by atoms with E-state index >= 15 is 0 Å². The summed E-state index contributed by atoms with van der Waals surface area (Å²) in [5.41, 5.74) is 0. The molecule has 1 aromatic carbocycles. The van der Waals surface area contributed by atoms with Gasteiger partial charge in [-0.25, -0.2) is 17.2 Å². The molecule has 1 aromatic rings. The fourth-order valence-electron chi connectivity index (χ4n) is 1.47. The molecule has 0 atom stereocenters. The molecule has 0 radical (unpaired) electrons. The second-order valence-corrected chi connectivity index (χ2v) is 6.00. The summed E-state index contributed by atoms with van der Waals surface area (Å²) in [4.78, 5) is 21.3. The molecule has 0 aliphatic rings. The molecule has 2 N–H and O–H groups in total. The van der Waals surface area contributed by atoms with Crippen LogP contribution in [0.2, 0.25) is 0 Å².